The molecule has 0 atom stereocenters. The second-order valence-corrected chi connectivity index (χ2v) is 5.59. The van der Waals surface area contributed by atoms with Crippen LogP contribution in [0.2, 0.25) is 0 Å². The summed E-state index contributed by atoms with van der Waals surface area (Å²) in [6.07, 6.45) is 0.0272. The van der Waals surface area contributed by atoms with Crippen LogP contribution in [0.5, 0.6) is 0 Å². The van der Waals surface area contributed by atoms with Crippen LogP contribution in [-0.4, -0.2) is 19.9 Å². The molecule has 0 saturated heterocycles. The van der Waals surface area contributed by atoms with Gasteiger partial charge in [0.2, 0.25) is 11.9 Å². The summed E-state index contributed by atoms with van der Waals surface area (Å²) in [6, 6.07) is 7.92. The third kappa shape index (κ3) is 2.94. The Morgan fingerprint density at radius 3 is 2.67 bits per heavy atom. The number of aromatic amines is 1. The maximum absolute atomic E-state index is 12.0. The van der Waals surface area contributed by atoms with E-state index >= 15 is 0 Å². The number of hydrogen-bond donors (Lipinski definition) is 2. The quantitative estimate of drug-likeness (QED) is 0.767. The number of nitrogens with one attached hydrogen (secondary N) is 2. The Labute approximate surface area is 138 Å². The lowest BCUT2D eigenvalue weighted by Gasteiger charge is -2.09. The first kappa shape index (κ1) is 15.6. The van der Waals surface area contributed by atoms with Crippen molar-refractivity contribution in [1.29, 1.82) is 5.26 Å². The Morgan fingerprint density at radius 2 is 1.96 bits per heavy atom. The minimum atomic E-state index is -0.334. The molecule has 0 fully saturated rings. The van der Waals surface area contributed by atoms with Gasteiger partial charge in [-0.2, -0.15) is 5.26 Å². The zero-order chi connectivity index (χ0) is 17.3. The standard InChI is InChI=1S/C17H16N6O/c1-9-4-5-14-13(8-9)11(3)20-16(21-14)23-17-19-10(2)12(6-7-18)15(24)22-17/h4-5,8H,6H2,1-3H3,(H2,19,20,21,22,23,24). The minimum absolute atomic E-state index is 0.0272. The predicted molar refractivity (Wildman–Crippen MR) is 91.2 cm³/mol. The van der Waals surface area contributed by atoms with E-state index in [-0.39, 0.29) is 17.9 Å². The number of hydrogen-bond acceptors (Lipinski definition) is 6. The van der Waals surface area contributed by atoms with E-state index in [1.165, 1.54) is 0 Å². The van der Waals surface area contributed by atoms with Crippen LogP contribution in [0.3, 0.4) is 0 Å². The van der Waals surface area contributed by atoms with Gasteiger partial charge in [0, 0.05) is 5.39 Å². The van der Waals surface area contributed by atoms with Crippen LogP contribution < -0.4 is 10.9 Å². The highest BCUT2D eigenvalue weighted by molar-refractivity contribution is 5.82. The van der Waals surface area contributed by atoms with Gasteiger partial charge in [-0.3, -0.25) is 15.1 Å². The molecule has 0 aliphatic heterocycles. The van der Waals surface area contributed by atoms with Crippen molar-refractivity contribution in [3.05, 3.63) is 51.1 Å². The number of rotatable bonds is 3. The number of fused-ring (bicyclic) bond motifs is 1. The third-order valence-corrected chi connectivity index (χ3v) is 3.75. The third-order valence-electron chi connectivity index (χ3n) is 3.75. The van der Waals surface area contributed by atoms with Crippen LogP contribution in [0.1, 0.15) is 22.5 Å². The molecule has 0 saturated carbocycles. The Kier molecular flexibility index (Phi) is 3.96. The van der Waals surface area contributed by atoms with Crippen LogP contribution in [0.25, 0.3) is 10.9 Å². The van der Waals surface area contributed by atoms with E-state index in [9.17, 15) is 4.79 Å². The van der Waals surface area contributed by atoms with E-state index in [2.05, 4.69) is 25.3 Å². The SMILES string of the molecule is Cc1ccc2nc(Nc3nc(C)c(CC#N)c(=O)[nH]3)nc(C)c2c1. The van der Waals surface area contributed by atoms with E-state index in [0.29, 0.717) is 17.2 Å². The molecule has 0 bridgehead atoms. The summed E-state index contributed by atoms with van der Waals surface area (Å²) in [5.74, 6) is 0.615. The molecule has 0 unspecified atom stereocenters. The molecule has 0 aliphatic rings. The summed E-state index contributed by atoms with van der Waals surface area (Å²) in [7, 11) is 0. The fourth-order valence-electron chi connectivity index (χ4n) is 2.51. The lowest BCUT2D eigenvalue weighted by Crippen LogP contribution is -2.18. The number of anilines is 2. The molecule has 0 aliphatic carbocycles. The molecule has 24 heavy (non-hydrogen) atoms. The molecule has 0 radical (unpaired) electrons. The van der Waals surface area contributed by atoms with Crippen LogP contribution in [0.15, 0.2) is 23.0 Å². The Hall–Kier alpha value is -3.27. The second-order valence-electron chi connectivity index (χ2n) is 5.59. The van der Waals surface area contributed by atoms with Gasteiger partial charge in [0.1, 0.15) is 0 Å². The van der Waals surface area contributed by atoms with Crippen molar-refractivity contribution < 1.29 is 0 Å². The molecule has 1 aromatic carbocycles. The van der Waals surface area contributed by atoms with Crippen LogP contribution in [0.4, 0.5) is 11.9 Å². The van der Waals surface area contributed by atoms with Crippen molar-refractivity contribution in [2.24, 2.45) is 0 Å². The molecule has 120 valence electrons. The number of nitrogens with zero attached hydrogens (tertiary/aromatic N) is 4. The van der Waals surface area contributed by atoms with E-state index in [4.69, 9.17) is 5.26 Å². The van der Waals surface area contributed by atoms with Crippen LogP contribution in [-0.2, 0) is 6.42 Å². The Balaban J connectivity index is 2.00. The summed E-state index contributed by atoms with van der Waals surface area (Å²) >= 11 is 0. The molecule has 7 nitrogen and oxygen atoms in total. The molecule has 7 heteroatoms. The summed E-state index contributed by atoms with van der Waals surface area (Å²) in [5.41, 5.74) is 3.34. The highest BCUT2D eigenvalue weighted by atomic mass is 16.1. The highest BCUT2D eigenvalue weighted by Crippen LogP contribution is 2.19. The lowest BCUT2D eigenvalue weighted by molar-refractivity contribution is 0.992. The second kappa shape index (κ2) is 6.08. The first-order valence-corrected chi connectivity index (χ1v) is 7.46. The number of H-pyrrole nitrogens is 1. The molecular formula is C17H16N6O. The molecule has 2 N–H and O–H groups in total. The Bertz CT molecular complexity index is 1030. The highest BCUT2D eigenvalue weighted by Gasteiger charge is 2.10. The maximum Gasteiger partial charge on any atom is 0.256 e. The Morgan fingerprint density at radius 1 is 1.17 bits per heavy atom. The van der Waals surface area contributed by atoms with Gasteiger partial charge in [0.25, 0.3) is 5.56 Å². The van der Waals surface area contributed by atoms with Crippen molar-refractivity contribution in [3.63, 3.8) is 0 Å². The average Bonchev–Trinajstić information content (AvgIpc) is 2.52. The van der Waals surface area contributed by atoms with Gasteiger partial charge in [-0.25, -0.2) is 15.0 Å². The van der Waals surface area contributed by atoms with Gasteiger partial charge >= 0.3 is 0 Å². The topological polar surface area (TPSA) is 107 Å². The average molecular weight is 320 g/mol. The molecule has 0 spiro atoms. The van der Waals surface area contributed by atoms with Crippen molar-refractivity contribution in [2.75, 3.05) is 5.32 Å². The zero-order valence-electron chi connectivity index (χ0n) is 13.6. The van der Waals surface area contributed by atoms with Gasteiger partial charge in [-0.1, -0.05) is 11.6 Å². The number of aromatic nitrogens is 4. The number of benzene rings is 1. The molecular weight excluding hydrogens is 304 g/mol. The van der Waals surface area contributed by atoms with E-state index in [1.54, 1.807) is 6.92 Å². The largest absolute Gasteiger partial charge is 0.294 e. The van der Waals surface area contributed by atoms with Crippen LogP contribution in [0, 0.1) is 32.1 Å². The van der Waals surface area contributed by atoms with Crippen LogP contribution >= 0.6 is 0 Å². The summed E-state index contributed by atoms with van der Waals surface area (Å²) in [4.78, 5) is 27.8. The van der Waals surface area contributed by atoms with E-state index < -0.39 is 0 Å². The van der Waals surface area contributed by atoms with Crippen molar-refractivity contribution >= 4 is 22.8 Å². The molecule has 0 amide bonds. The summed E-state index contributed by atoms with van der Waals surface area (Å²) in [5, 5.41) is 12.7. The van der Waals surface area contributed by atoms with Gasteiger partial charge in [0.15, 0.2) is 0 Å². The lowest BCUT2D eigenvalue weighted by atomic mass is 10.1. The fourth-order valence-corrected chi connectivity index (χ4v) is 2.51. The van der Waals surface area contributed by atoms with E-state index in [0.717, 1.165) is 22.2 Å². The molecule has 3 aromatic rings. The number of aryl methyl sites for hydroxylation is 3. The fraction of sp³-hybridized carbons (Fsp3) is 0.235. The monoisotopic (exact) mass is 320 g/mol. The normalized spacial score (nSPS) is 10.6. The molecule has 2 heterocycles. The maximum atomic E-state index is 12.0. The summed E-state index contributed by atoms with van der Waals surface area (Å²) in [6.45, 7) is 5.62. The van der Waals surface area contributed by atoms with Crippen molar-refractivity contribution in [3.8, 4) is 6.07 Å². The molecule has 2 aromatic heterocycles. The minimum Gasteiger partial charge on any atom is -0.294 e. The summed E-state index contributed by atoms with van der Waals surface area (Å²) < 4.78 is 0. The predicted octanol–water partition coefficient (Wildman–Crippen LogP) is 2.45. The van der Waals surface area contributed by atoms with Gasteiger partial charge in [-0.15, -0.1) is 0 Å². The number of nitriles is 1. The van der Waals surface area contributed by atoms with Crippen molar-refractivity contribution in [2.45, 2.75) is 27.2 Å². The van der Waals surface area contributed by atoms with E-state index in [1.807, 2.05) is 38.1 Å². The van der Waals surface area contributed by atoms with Gasteiger partial charge in [0.05, 0.1) is 35.0 Å². The molecule has 3 rings (SSSR count). The van der Waals surface area contributed by atoms with Gasteiger partial charge < -0.3 is 0 Å². The first-order chi connectivity index (χ1) is 11.5. The first-order valence-electron chi connectivity index (χ1n) is 7.46. The smallest absolute Gasteiger partial charge is 0.256 e. The van der Waals surface area contributed by atoms with Crippen molar-refractivity contribution in [1.82, 2.24) is 19.9 Å². The van der Waals surface area contributed by atoms with Gasteiger partial charge in [-0.05, 0) is 32.9 Å². The zero-order valence-corrected chi connectivity index (χ0v) is 13.6.